The average Bonchev–Trinajstić information content (AvgIpc) is 2.95. The number of hydrogen-bond acceptors (Lipinski definition) is 4. The monoisotopic (exact) mass is 343 g/mol. The average molecular weight is 343 g/mol. The summed E-state index contributed by atoms with van der Waals surface area (Å²) in [5, 5.41) is 4.42. The summed E-state index contributed by atoms with van der Waals surface area (Å²) in [5.41, 5.74) is 2.92. The van der Waals surface area contributed by atoms with Crippen molar-refractivity contribution < 1.29 is 18.1 Å². The summed E-state index contributed by atoms with van der Waals surface area (Å²) in [7, 11) is 0. The van der Waals surface area contributed by atoms with Gasteiger partial charge in [0, 0.05) is 18.3 Å². The number of rotatable bonds is 1. The van der Waals surface area contributed by atoms with Crippen LogP contribution in [0.25, 0.3) is 11.1 Å². The van der Waals surface area contributed by atoms with Crippen molar-refractivity contribution in [1.82, 2.24) is 10.1 Å². The van der Waals surface area contributed by atoms with E-state index < -0.39 is 11.6 Å². The largest absolute Gasteiger partial charge is 0.336 e. The molecule has 0 spiro atoms. The van der Waals surface area contributed by atoms with Crippen LogP contribution in [-0.2, 0) is 6.42 Å². The van der Waals surface area contributed by atoms with Crippen LogP contribution in [0.2, 0.25) is 0 Å². The first-order chi connectivity index (χ1) is 12.0. The van der Waals surface area contributed by atoms with E-state index in [9.17, 15) is 13.6 Å². The maximum absolute atomic E-state index is 13.7. The van der Waals surface area contributed by atoms with E-state index in [-0.39, 0.29) is 5.91 Å². The number of anilines is 1. The summed E-state index contributed by atoms with van der Waals surface area (Å²) >= 11 is 0. The third-order valence-electron chi connectivity index (χ3n) is 4.46. The quantitative estimate of drug-likeness (QED) is 0.676. The molecule has 4 rings (SSSR count). The molecule has 3 aromatic rings. The number of halogens is 2. The Morgan fingerprint density at radius 1 is 1.20 bits per heavy atom. The van der Waals surface area contributed by atoms with Crippen LogP contribution in [0.5, 0.6) is 0 Å². The second-order valence-electron chi connectivity index (χ2n) is 6.21. The minimum atomic E-state index is -0.962. The fraction of sp³-hybridized carbons (Fsp3) is 0.278. The van der Waals surface area contributed by atoms with E-state index in [1.54, 1.807) is 19.9 Å². The lowest BCUT2D eigenvalue weighted by molar-refractivity contribution is 0.0986. The predicted molar refractivity (Wildman–Crippen MR) is 87.6 cm³/mol. The molecule has 1 aromatic carbocycles. The molecule has 128 valence electrons. The van der Waals surface area contributed by atoms with Crippen molar-refractivity contribution in [3.63, 3.8) is 0 Å². The Balaban J connectivity index is 1.86. The zero-order chi connectivity index (χ0) is 17.7. The van der Waals surface area contributed by atoms with E-state index in [1.807, 2.05) is 0 Å². The summed E-state index contributed by atoms with van der Waals surface area (Å²) in [6.45, 7) is 3.93. The molecular formula is C18H15F2N3O2. The van der Waals surface area contributed by atoms with Crippen LogP contribution < -0.4 is 4.90 Å². The lowest BCUT2D eigenvalue weighted by Gasteiger charge is -2.30. The summed E-state index contributed by atoms with van der Waals surface area (Å²) in [6.07, 6.45) is 1.28. The smallest absolute Gasteiger partial charge is 0.259 e. The number of aromatic nitrogens is 2. The van der Waals surface area contributed by atoms with Gasteiger partial charge in [0.15, 0.2) is 11.6 Å². The molecule has 0 fully saturated rings. The number of hydrogen-bond donors (Lipinski definition) is 0. The van der Waals surface area contributed by atoms with Crippen molar-refractivity contribution >= 4 is 22.7 Å². The molecule has 0 N–H and O–H groups in total. The number of carbonyl (C=O) groups excluding carboxylic acids is 1. The van der Waals surface area contributed by atoms with E-state index in [2.05, 4.69) is 10.1 Å². The third kappa shape index (κ3) is 2.47. The van der Waals surface area contributed by atoms with Crippen molar-refractivity contribution in [3.8, 4) is 0 Å². The highest BCUT2D eigenvalue weighted by Crippen LogP contribution is 2.32. The van der Waals surface area contributed by atoms with Gasteiger partial charge in [0.25, 0.3) is 11.6 Å². The summed E-state index contributed by atoms with van der Waals surface area (Å²) in [4.78, 5) is 18.9. The van der Waals surface area contributed by atoms with Gasteiger partial charge in [-0.15, -0.1) is 0 Å². The topological polar surface area (TPSA) is 59.2 Å². The number of amides is 1. The Labute approximate surface area is 142 Å². The molecule has 0 unspecified atom stereocenters. The normalized spacial score (nSPS) is 14.0. The molecule has 2 aromatic heterocycles. The molecule has 3 heterocycles. The second kappa shape index (κ2) is 5.61. The zero-order valence-corrected chi connectivity index (χ0v) is 13.8. The van der Waals surface area contributed by atoms with E-state index in [0.29, 0.717) is 58.7 Å². The zero-order valence-electron chi connectivity index (χ0n) is 13.8. The van der Waals surface area contributed by atoms with E-state index in [0.717, 1.165) is 6.07 Å². The molecule has 1 amide bonds. The minimum absolute atomic E-state index is 0.295. The van der Waals surface area contributed by atoms with Gasteiger partial charge in [0.1, 0.15) is 0 Å². The Bertz CT molecular complexity index is 1010. The Hall–Kier alpha value is -2.83. The molecule has 0 saturated heterocycles. The first-order valence-corrected chi connectivity index (χ1v) is 7.99. The van der Waals surface area contributed by atoms with Gasteiger partial charge < -0.3 is 9.42 Å². The number of fused-ring (bicyclic) bond motifs is 2. The van der Waals surface area contributed by atoms with Crippen LogP contribution >= 0.6 is 0 Å². The van der Waals surface area contributed by atoms with Gasteiger partial charge in [-0.2, -0.15) is 0 Å². The third-order valence-corrected chi connectivity index (χ3v) is 4.46. The van der Waals surface area contributed by atoms with Crippen LogP contribution in [0.1, 0.15) is 33.7 Å². The van der Waals surface area contributed by atoms with Crippen molar-refractivity contribution in [2.45, 2.75) is 26.7 Å². The molecule has 0 saturated carbocycles. The van der Waals surface area contributed by atoms with Gasteiger partial charge in [-0.25, -0.2) is 13.8 Å². The van der Waals surface area contributed by atoms with E-state index in [4.69, 9.17) is 4.52 Å². The Kier molecular flexibility index (Phi) is 3.52. The number of pyridine rings is 1. The standard InChI is InChI=1S/C18H15F2N3O2/c1-9-6-12(16-10(2)22-25-17(16)21-9)18(24)23-5-3-4-11-7-13(19)14(20)8-15(11)23/h6-8H,3-5H2,1-2H3. The first kappa shape index (κ1) is 15.7. The van der Waals surface area contributed by atoms with E-state index in [1.165, 1.54) is 11.0 Å². The molecule has 5 nitrogen and oxygen atoms in total. The molecule has 0 radical (unpaired) electrons. The van der Waals surface area contributed by atoms with Gasteiger partial charge in [-0.3, -0.25) is 4.79 Å². The molecule has 0 atom stereocenters. The van der Waals surface area contributed by atoms with Gasteiger partial charge in [0.05, 0.1) is 22.3 Å². The lowest BCUT2D eigenvalue weighted by Crippen LogP contribution is -2.36. The summed E-state index contributed by atoms with van der Waals surface area (Å²) in [5.74, 6) is -2.16. The van der Waals surface area contributed by atoms with Crippen molar-refractivity contribution in [2.24, 2.45) is 0 Å². The number of carbonyl (C=O) groups is 1. The number of nitrogens with zero attached hydrogens (tertiary/aromatic N) is 3. The van der Waals surface area contributed by atoms with E-state index >= 15 is 0 Å². The van der Waals surface area contributed by atoms with Crippen molar-refractivity contribution in [3.05, 3.63) is 52.3 Å². The highest BCUT2D eigenvalue weighted by Gasteiger charge is 2.28. The van der Waals surface area contributed by atoms with Gasteiger partial charge in [-0.1, -0.05) is 5.16 Å². The summed E-state index contributed by atoms with van der Waals surface area (Å²) < 4.78 is 32.4. The fourth-order valence-electron chi connectivity index (χ4n) is 3.32. The molecule has 7 heteroatoms. The minimum Gasteiger partial charge on any atom is -0.336 e. The maximum atomic E-state index is 13.7. The van der Waals surface area contributed by atoms with Gasteiger partial charge >= 0.3 is 0 Å². The van der Waals surface area contributed by atoms with Crippen molar-refractivity contribution in [2.75, 3.05) is 11.4 Å². The highest BCUT2D eigenvalue weighted by molar-refractivity contribution is 6.14. The molecule has 25 heavy (non-hydrogen) atoms. The maximum Gasteiger partial charge on any atom is 0.259 e. The molecule has 0 bridgehead atoms. The van der Waals surface area contributed by atoms with Crippen molar-refractivity contribution in [1.29, 1.82) is 0 Å². The van der Waals surface area contributed by atoms with Crippen LogP contribution in [-0.4, -0.2) is 22.6 Å². The van der Waals surface area contributed by atoms with Crippen LogP contribution in [0.15, 0.2) is 22.7 Å². The van der Waals surface area contributed by atoms with Crippen LogP contribution in [0, 0.1) is 25.5 Å². The van der Waals surface area contributed by atoms with Gasteiger partial charge in [-0.05, 0) is 44.4 Å². The predicted octanol–water partition coefficient (Wildman–Crippen LogP) is 3.71. The first-order valence-electron chi connectivity index (χ1n) is 7.99. The number of aryl methyl sites for hydroxylation is 3. The Morgan fingerprint density at radius 3 is 2.76 bits per heavy atom. The molecule has 1 aliphatic heterocycles. The molecular weight excluding hydrogens is 328 g/mol. The van der Waals surface area contributed by atoms with Gasteiger partial charge in [0.2, 0.25) is 0 Å². The highest BCUT2D eigenvalue weighted by atomic mass is 19.2. The lowest BCUT2D eigenvalue weighted by atomic mass is 9.99. The SMILES string of the molecule is Cc1cc(C(=O)N2CCCc3cc(F)c(F)cc32)c2c(C)noc2n1. The Morgan fingerprint density at radius 2 is 1.96 bits per heavy atom. The molecule has 0 aliphatic carbocycles. The molecule has 1 aliphatic rings. The van der Waals surface area contributed by atoms with Crippen LogP contribution in [0.4, 0.5) is 14.5 Å². The second-order valence-corrected chi connectivity index (χ2v) is 6.21. The fourth-order valence-corrected chi connectivity index (χ4v) is 3.32. The number of benzene rings is 1. The summed E-state index contributed by atoms with van der Waals surface area (Å²) in [6, 6.07) is 3.93. The van der Waals surface area contributed by atoms with Crippen LogP contribution in [0.3, 0.4) is 0 Å².